The number of sulfonamides is 1. The van der Waals surface area contributed by atoms with E-state index in [1.54, 1.807) is 12.1 Å². The van der Waals surface area contributed by atoms with Crippen LogP contribution >= 0.6 is 11.6 Å². The van der Waals surface area contributed by atoms with Crippen LogP contribution in [0.25, 0.3) is 0 Å². The van der Waals surface area contributed by atoms with E-state index < -0.39 is 10.0 Å². The summed E-state index contributed by atoms with van der Waals surface area (Å²) in [5.41, 5.74) is 0. The summed E-state index contributed by atoms with van der Waals surface area (Å²) in [5.74, 6) is 1.56. The maximum atomic E-state index is 12.2. The summed E-state index contributed by atoms with van der Waals surface area (Å²) in [6, 6.07) is 6.15. The number of nitrogens with one attached hydrogen (secondary N) is 1. The average Bonchev–Trinajstić information content (AvgIpc) is 2.99. The molecule has 1 N–H and O–H groups in total. The average molecular weight is 313 g/mol. The number of halogens is 1. The molecule has 20 heavy (non-hydrogen) atoms. The number of nitrogens with zero attached hydrogens (tertiary/aromatic N) is 3. The van der Waals surface area contributed by atoms with Gasteiger partial charge in [-0.05, 0) is 24.6 Å². The van der Waals surface area contributed by atoms with Crippen LogP contribution in [0.4, 0.5) is 0 Å². The van der Waals surface area contributed by atoms with Gasteiger partial charge in [-0.3, -0.25) is 0 Å². The Morgan fingerprint density at radius 2 is 2.20 bits per heavy atom. The second-order valence-electron chi connectivity index (χ2n) is 4.57. The third kappa shape index (κ3) is 2.56. The molecule has 1 aliphatic heterocycles. The van der Waals surface area contributed by atoms with Crippen LogP contribution in [-0.2, 0) is 29.5 Å². The molecule has 0 aliphatic carbocycles. The van der Waals surface area contributed by atoms with Gasteiger partial charge in [-0.15, -0.1) is 10.2 Å². The van der Waals surface area contributed by atoms with Crippen molar-refractivity contribution in [1.29, 1.82) is 0 Å². The number of rotatable bonds is 4. The third-order valence-electron chi connectivity index (χ3n) is 3.21. The standard InChI is InChI=1S/C12H13ClN4O2S/c13-9-3-1-4-10(7-9)20(18,19)14-8-12-16-15-11-5-2-6-17(11)12/h1,3-4,7,14H,2,5-6,8H2. The lowest BCUT2D eigenvalue weighted by Gasteiger charge is -2.07. The van der Waals surface area contributed by atoms with Gasteiger partial charge in [-0.2, -0.15) is 0 Å². The van der Waals surface area contributed by atoms with Gasteiger partial charge in [-0.25, -0.2) is 13.1 Å². The molecule has 0 radical (unpaired) electrons. The molecular formula is C12H13ClN4O2S. The second kappa shape index (κ2) is 5.16. The van der Waals surface area contributed by atoms with Crippen LogP contribution in [-0.4, -0.2) is 23.2 Å². The first-order valence-corrected chi connectivity index (χ1v) is 8.08. The maximum absolute atomic E-state index is 12.2. The molecule has 6 nitrogen and oxygen atoms in total. The summed E-state index contributed by atoms with van der Waals surface area (Å²) in [6.07, 6.45) is 1.92. The number of fused-ring (bicyclic) bond motifs is 1. The smallest absolute Gasteiger partial charge is 0.241 e. The van der Waals surface area contributed by atoms with E-state index in [0.717, 1.165) is 25.2 Å². The quantitative estimate of drug-likeness (QED) is 0.924. The molecule has 0 spiro atoms. The molecule has 106 valence electrons. The van der Waals surface area contributed by atoms with Gasteiger partial charge in [0.1, 0.15) is 11.6 Å². The molecule has 0 unspecified atom stereocenters. The number of hydrogen-bond donors (Lipinski definition) is 1. The Balaban J connectivity index is 1.77. The molecule has 0 fully saturated rings. The summed E-state index contributed by atoms with van der Waals surface area (Å²) in [7, 11) is -3.59. The molecule has 2 heterocycles. The van der Waals surface area contributed by atoms with Crippen molar-refractivity contribution in [3.63, 3.8) is 0 Å². The largest absolute Gasteiger partial charge is 0.314 e. The van der Waals surface area contributed by atoms with Crippen LogP contribution in [0.15, 0.2) is 29.2 Å². The minimum Gasteiger partial charge on any atom is -0.314 e. The fraction of sp³-hybridized carbons (Fsp3) is 0.333. The Kier molecular flexibility index (Phi) is 3.49. The summed E-state index contributed by atoms with van der Waals surface area (Å²) in [4.78, 5) is 0.145. The molecule has 0 atom stereocenters. The lowest BCUT2D eigenvalue weighted by molar-refractivity contribution is 0.575. The van der Waals surface area contributed by atoms with Crippen molar-refractivity contribution in [3.8, 4) is 0 Å². The number of hydrogen-bond acceptors (Lipinski definition) is 4. The van der Waals surface area contributed by atoms with Crippen LogP contribution in [0.3, 0.4) is 0 Å². The summed E-state index contributed by atoms with van der Waals surface area (Å²) in [6.45, 7) is 0.971. The zero-order chi connectivity index (χ0) is 14.2. The molecule has 8 heteroatoms. The zero-order valence-electron chi connectivity index (χ0n) is 10.6. The van der Waals surface area contributed by atoms with Gasteiger partial charge in [-0.1, -0.05) is 17.7 Å². The first-order chi connectivity index (χ1) is 9.56. The van der Waals surface area contributed by atoms with Crippen molar-refractivity contribution in [2.24, 2.45) is 0 Å². The van der Waals surface area contributed by atoms with E-state index in [9.17, 15) is 8.42 Å². The summed E-state index contributed by atoms with van der Waals surface area (Å²) >= 11 is 5.81. The van der Waals surface area contributed by atoms with E-state index in [-0.39, 0.29) is 11.4 Å². The second-order valence-corrected chi connectivity index (χ2v) is 6.77. The molecule has 1 aromatic heterocycles. The van der Waals surface area contributed by atoms with Gasteiger partial charge in [0.05, 0.1) is 11.4 Å². The molecule has 1 aromatic carbocycles. The van der Waals surface area contributed by atoms with E-state index in [1.165, 1.54) is 12.1 Å². The predicted molar refractivity (Wildman–Crippen MR) is 73.8 cm³/mol. The van der Waals surface area contributed by atoms with Crippen LogP contribution in [0, 0.1) is 0 Å². The van der Waals surface area contributed by atoms with E-state index in [4.69, 9.17) is 11.6 Å². The SMILES string of the molecule is O=S(=O)(NCc1nnc2n1CCC2)c1cccc(Cl)c1. The highest BCUT2D eigenvalue weighted by Crippen LogP contribution is 2.17. The Morgan fingerprint density at radius 3 is 3.00 bits per heavy atom. The number of aryl methyl sites for hydroxylation is 1. The molecule has 0 saturated heterocycles. The van der Waals surface area contributed by atoms with Gasteiger partial charge in [0, 0.05) is 18.0 Å². The van der Waals surface area contributed by atoms with Gasteiger partial charge in [0.15, 0.2) is 0 Å². The zero-order valence-corrected chi connectivity index (χ0v) is 12.2. The van der Waals surface area contributed by atoms with E-state index in [1.807, 2.05) is 4.57 Å². The Bertz CT molecular complexity index is 742. The van der Waals surface area contributed by atoms with E-state index in [2.05, 4.69) is 14.9 Å². The van der Waals surface area contributed by atoms with E-state index >= 15 is 0 Å². The van der Waals surface area contributed by atoms with Crippen molar-refractivity contribution in [1.82, 2.24) is 19.5 Å². The predicted octanol–water partition coefficient (Wildman–Crippen LogP) is 1.36. The minimum absolute atomic E-state index is 0.127. The maximum Gasteiger partial charge on any atom is 0.241 e. The molecule has 1 aliphatic rings. The molecule has 2 aromatic rings. The van der Waals surface area contributed by atoms with Crippen molar-refractivity contribution in [3.05, 3.63) is 40.9 Å². The Morgan fingerprint density at radius 1 is 1.35 bits per heavy atom. The molecule has 0 bridgehead atoms. The Labute approximate surface area is 121 Å². The fourth-order valence-electron chi connectivity index (χ4n) is 2.22. The summed E-state index contributed by atoms with van der Waals surface area (Å²) < 4.78 is 28.8. The van der Waals surface area contributed by atoms with Crippen LogP contribution in [0.5, 0.6) is 0 Å². The van der Waals surface area contributed by atoms with Crippen molar-refractivity contribution >= 4 is 21.6 Å². The van der Waals surface area contributed by atoms with Crippen LogP contribution in [0.2, 0.25) is 5.02 Å². The lowest BCUT2D eigenvalue weighted by atomic mass is 10.4. The molecule has 0 saturated carbocycles. The third-order valence-corrected chi connectivity index (χ3v) is 4.85. The number of benzene rings is 1. The summed E-state index contributed by atoms with van der Waals surface area (Å²) in [5, 5.41) is 8.44. The topological polar surface area (TPSA) is 76.9 Å². The number of aromatic nitrogens is 3. The first-order valence-electron chi connectivity index (χ1n) is 6.22. The highest BCUT2D eigenvalue weighted by Gasteiger charge is 2.20. The van der Waals surface area contributed by atoms with Crippen LogP contribution < -0.4 is 4.72 Å². The van der Waals surface area contributed by atoms with Gasteiger partial charge < -0.3 is 4.57 Å². The molecule has 3 rings (SSSR count). The fourth-order valence-corrected chi connectivity index (χ4v) is 3.50. The molecule has 0 amide bonds. The van der Waals surface area contributed by atoms with Gasteiger partial charge in [0.25, 0.3) is 0 Å². The van der Waals surface area contributed by atoms with Crippen molar-refractivity contribution < 1.29 is 8.42 Å². The van der Waals surface area contributed by atoms with Gasteiger partial charge in [0.2, 0.25) is 10.0 Å². The van der Waals surface area contributed by atoms with Crippen molar-refractivity contribution in [2.75, 3.05) is 0 Å². The monoisotopic (exact) mass is 312 g/mol. The lowest BCUT2D eigenvalue weighted by Crippen LogP contribution is -2.25. The van der Waals surface area contributed by atoms with Crippen molar-refractivity contribution in [2.45, 2.75) is 30.8 Å². The highest BCUT2D eigenvalue weighted by molar-refractivity contribution is 7.89. The van der Waals surface area contributed by atoms with Crippen LogP contribution in [0.1, 0.15) is 18.1 Å². The minimum atomic E-state index is -3.59. The first kappa shape index (κ1) is 13.5. The highest BCUT2D eigenvalue weighted by atomic mass is 35.5. The Hall–Kier alpha value is -1.44. The molecular weight excluding hydrogens is 300 g/mol. The van der Waals surface area contributed by atoms with E-state index in [0.29, 0.717) is 10.8 Å². The van der Waals surface area contributed by atoms with Gasteiger partial charge >= 0.3 is 0 Å². The normalized spacial score (nSPS) is 14.4.